The predicted octanol–water partition coefficient (Wildman–Crippen LogP) is 2.00. The molecule has 2 fully saturated rings. The number of nitrogens with one attached hydrogen (secondary N) is 1. The van der Waals surface area contributed by atoms with Crippen LogP contribution in [0.4, 0.5) is 0 Å². The lowest BCUT2D eigenvalue weighted by Crippen LogP contribution is -2.52. The quantitative estimate of drug-likeness (QED) is 0.822. The summed E-state index contributed by atoms with van der Waals surface area (Å²) in [7, 11) is -3.38. The summed E-state index contributed by atoms with van der Waals surface area (Å²) in [4.78, 5) is 14.5. The van der Waals surface area contributed by atoms with E-state index in [9.17, 15) is 13.2 Å². The van der Waals surface area contributed by atoms with Crippen molar-refractivity contribution in [2.24, 2.45) is 11.8 Å². The molecule has 1 amide bonds. The molecule has 0 radical (unpaired) electrons. The van der Waals surface area contributed by atoms with Crippen LogP contribution in [0, 0.1) is 11.8 Å². The largest absolute Gasteiger partial charge is 0.352 e. The molecule has 146 valence electrons. The van der Waals surface area contributed by atoms with E-state index < -0.39 is 10.0 Å². The van der Waals surface area contributed by atoms with Crippen molar-refractivity contribution < 1.29 is 13.2 Å². The van der Waals surface area contributed by atoms with Gasteiger partial charge in [-0.15, -0.1) is 11.3 Å². The Hall–Kier alpha value is -0.960. The van der Waals surface area contributed by atoms with Crippen LogP contribution in [0.15, 0.2) is 21.7 Å². The molecule has 1 aliphatic carbocycles. The van der Waals surface area contributed by atoms with Gasteiger partial charge in [-0.3, -0.25) is 9.69 Å². The standard InChI is InChI=1S/C18H29N3O3S2/c1-14-5-3-6-16(15(14)2)19-17(22)13-20-8-10-21(11-9-20)26(23,24)18-7-4-12-25-18/h4,7,12,14-16H,3,5-6,8-11,13H2,1-2H3,(H,19,22)/t14-,15+,16+/m0/s1. The van der Waals surface area contributed by atoms with Gasteiger partial charge in [-0.05, 0) is 29.7 Å². The molecule has 0 spiro atoms. The number of thiophene rings is 1. The first-order valence-corrected chi connectivity index (χ1v) is 11.8. The number of nitrogens with zero attached hydrogens (tertiary/aromatic N) is 2. The van der Waals surface area contributed by atoms with Crippen LogP contribution in [-0.4, -0.2) is 62.3 Å². The normalized spacial score (nSPS) is 28.8. The molecular weight excluding hydrogens is 370 g/mol. The number of hydrogen-bond donors (Lipinski definition) is 1. The summed E-state index contributed by atoms with van der Waals surface area (Å²) in [6.45, 7) is 6.89. The van der Waals surface area contributed by atoms with Crippen LogP contribution in [0.5, 0.6) is 0 Å². The third kappa shape index (κ3) is 4.47. The maximum Gasteiger partial charge on any atom is 0.252 e. The molecule has 0 aromatic carbocycles. The van der Waals surface area contributed by atoms with E-state index in [4.69, 9.17) is 0 Å². The van der Waals surface area contributed by atoms with Gasteiger partial charge in [0.1, 0.15) is 4.21 Å². The van der Waals surface area contributed by atoms with Crippen LogP contribution in [0.3, 0.4) is 0 Å². The number of sulfonamides is 1. The molecule has 1 aromatic heterocycles. The summed E-state index contributed by atoms with van der Waals surface area (Å²) in [6, 6.07) is 3.67. The maximum absolute atomic E-state index is 12.5. The highest BCUT2D eigenvalue weighted by atomic mass is 32.2. The number of hydrogen-bond acceptors (Lipinski definition) is 5. The molecule has 3 rings (SSSR count). The van der Waals surface area contributed by atoms with Crippen molar-refractivity contribution >= 4 is 27.3 Å². The Morgan fingerprint density at radius 3 is 2.62 bits per heavy atom. The summed E-state index contributed by atoms with van der Waals surface area (Å²) in [6.07, 6.45) is 3.48. The van der Waals surface area contributed by atoms with Crippen molar-refractivity contribution in [3.05, 3.63) is 17.5 Å². The van der Waals surface area contributed by atoms with Gasteiger partial charge in [-0.1, -0.05) is 32.8 Å². The van der Waals surface area contributed by atoms with E-state index in [1.54, 1.807) is 17.5 Å². The second-order valence-corrected chi connectivity index (χ2v) is 10.7. The van der Waals surface area contributed by atoms with Gasteiger partial charge < -0.3 is 5.32 Å². The minimum Gasteiger partial charge on any atom is -0.352 e. The van der Waals surface area contributed by atoms with Crippen molar-refractivity contribution in [1.29, 1.82) is 0 Å². The van der Waals surface area contributed by atoms with Gasteiger partial charge in [0, 0.05) is 32.2 Å². The monoisotopic (exact) mass is 399 g/mol. The van der Waals surface area contributed by atoms with Crippen LogP contribution in [-0.2, 0) is 14.8 Å². The molecule has 1 saturated heterocycles. The number of piperazine rings is 1. The van der Waals surface area contributed by atoms with Crippen molar-refractivity contribution in [2.75, 3.05) is 32.7 Å². The number of rotatable bonds is 5. The van der Waals surface area contributed by atoms with Gasteiger partial charge in [0.05, 0.1) is 6.54 Å². The Kier molecular flexibility index (Phi) is 6.37. The number of carbonyl (C=O) groups excluding carboxylic acids is 1. The second-order valence-electron chi connectivity index (χ2n) is 7.55. The van der Waals surface area contributed by atoms with E-state index >= 15 is 0 Å². The smallest absolute Gasteiger partial charge is 0.252 e. The van der Waals surface area contributed by atoms with Crippen LogP contribution in [0.25, 0.3) is 0 Å². The highest BCUT2D eigenvalue weighted by molar-refractivity contribution is 7.91. The van der Waals surface area contributed by atoms with Crippen LogP contribution in [0.2, 0.25) is 0 Å². The van der Waals surface area contributed by atoms with Crippen molar-refractivity contribution in [2.45, 2.75) is 43.4 Å². The van der Waals surface area contributed by atoms with Crippen LogP contribution >= 0.6 is 11.3 Å². The summed E-state index contributed by atoms with van der Waals surface area (Å²) >= 11 is 1.25. The lowest BCUT2D eigenvalue weighted by atomic mass is 9.78. The summed E-state index contributed by atoms with van der Waals surface area (Å²) in [5.41, 5.74) is 0. The van der Waals surface area contributed by atoms with Crippen LogP contribution < -0.4 is 5.32 Å². The average molecular weight is 400 g/mol. The first-order chi connectivity index (χ1) is 12.4. The van der Waals surface area contributed by atoms with Gasteiger partial charge in [-0.2, -0.15) is 4.31 Å². The molecule has 0 unspecified atom stereocenters. The van der Waals surface area contributed by atoms with E-state index in [-0.39, 0.29) is 11.9 Å². The van der Waals surface area contributed by atoms with Gasteiger partial charge in [-0.25, -0.2) is 8.42 Å². The molecule has 26 heavy (non-hydrogen) atoms. The van der Waals surface area contributed by atoms with Crippen molar-refractivity contribution in [1.82, 2.24) is 14.5 Å². The summed E-state index contributed by atoms with van der Waals surface area (Å²) in [5.74, 6) is 1.23. The van der Waals surface area contributed by atoms with E-state index in [0.29, 0.717) is 48.8 Å². The Bertz CT molecular complexity index is 697. The second kappa shape index (κ2) is 8.37. The van der Waals surface area contributed by atoms with Crippen molar-refractivity contribution in [3.8, 4) is 0 Å². The van der Waals surface area contributed by atoms with Gasteiger partial charge in [0.25, 0.3) is 10.0 Å². The highest BCUT2D eigenvalue weighted by Crippen LogP contribution is 2.29. The zero-order valence-corrected chi connectivity index (χ0v) is 17.2. The summed E-state index contributed by atoms with van der Waals surface area (Å²) in [5, 5.41) is 4.98. The molecule has 1 aliphatic heterocycles. The zero-order valence-electron chi connectivity index (χ0n) is 15.6. The van der Waals surface area contributed by atoms with Gasteiger partial charge in [0.15, 0.2) is 0 Å². The maximum atomic E-state index is 12.5. The predicted molar refractivity (Wildman–Crippen MR) is 104 cm³/mol. The van der Waals surface area contributed by atoms with E-state index in [2.05, 4.69) is 19.2 Å². The molecule has 1 aromatic rings. The molecule has 6 nitrogen and oxygen atoms in total. The van der Waals surface area contributed by atoms with Crippen LogP contribution in [0.1, 0.15) is 33.1 Å². The van der Waals surface area contributed by atoms with Gasteiger partial charge >= 0.3 is 0 Å². The van der Waals surface area contributed by atoms with Gasteiger partial charge in [0.2, 0.25) is 5.91 Å². The average Bonchev–Trinajstić information content (AvgIpc) is 3.15. The zero-order chi connectivity index (χ0) is 18.7. The number of amides is 1. The molecule has 1 saturated carbocycles. The Morgan fingerprint density at radius 1 is 1.23 bits per heavy atom. The summed E-state index contributed by atoms with van der Waals surface area (Å²) < 4.78 is 27.0. The lowest BCUT2D eigenvalue weighted by molar-refractivity contribution is -0.124. The SMILES string of the molecule is C[C@@H]1[C@@H](C)CCC[C@H]1NC(=O)CN1CCN(S(=O)(=O)c2cccs2)CC1. The Morgan fingerprint density at radius 2 is 1.96 bits per heavy atom. The number of carbonyl (C=O) groups is 1. The lowest BCUT2D eigenvalue weighted by Gasteiger charge is -2.36. The molecule has 2 aliphatic rings. The Balaban J connectivity index is 1.47. The highest BCUT2D eigenvalue weighted by Gasteiger charge is 2.31. The molecule has 1 N–H and O–H groups in total. The van der Waals surface area contributed by atoms with E-state index in [1.165, 1.54) is 28.5 Å². The Labute approximate surface area is 160 Å². The fourth-order valence-corrected chi connectivity index (χ4v) is 6.47. The molecule has 0 bridgehead atoms. The molecule has 3 atom stereocenters. The third-order valence-electron chi connectivity index (χ3n) is 5.84. The minimum atomic E-state index is -3.38. The molecule has 8 heteroatoms. The minimum absolute atomic E-state index is 0.0607. The van der Waals surface area contributed by atoms with E-state index in [1.807, 2.05) is 4.90 Å². The third-order valence-corrected chi connectivity index (χ3v) is 9.11. The fourth-order valence-electron chi connectivity index (χ4n) is 3.91. The van der Waals surface area contributed by atoms with Crippen molar-refractivity contribution in [3.63, 3.8) is 0 Å². The first-order valence-electron chi connectivity index (χ1n) is 9.43. The van der Waals surface area contributed by atoms with E-state index in [0.717, 1.165) is 6.42 Å². The molecular formula is C18H29N3O3S2. The molecule has 2 heterocycles. The topological polar surface area (TPSA) is 69.7 Å². The fraction of sp³-hybridized carbons (Fsp3) is 0.722. The first kappa shape index (κ1) is 19.8.